The number of nitrogens with zero attached hydrogens (tertiary/aromatic N) is 2. The molecule has 5 heteroatoms. The lowest BCUT2D eigenvalue weighted by Gasteiger charge is -2.23. The molecule has 0 saturated heterocycles. The molecule has 0 aliphatic carbocycles. The number of hydrogen-bond acceptors (Lipinski definition) is 3. The van der Waals surface area contributed by atoms with Crippen molar-refractivity contribution in [1.29, 1.82) is 0 Å². The average Bonchev–Trinajstić information content (AvgIpc) is 2.89. The average molecular weight is 291 g/mol. The van der Waals surface area contributed by atoms with Gasteiger partial charge < -0.3 is 10.4 Å². The van der Waals surface area contributed by atoms with Gasteiger partial charge >= 0.3 is 0 Å². The molecule has 114 valence electrons. The first-order chi connectivity index (χ1) is 10.1. The third kappa shape index (κ3) is 4.37. The van der Waals surface area contributed by atoms with E-state index in [1.807, 2.05) is 19.3 Å². The van der Waals surface area contributed by atoms with Gasteiger partial charge in [0.15, 0.2) is 0 Å². The smallest absolute Gasteiger partial charge is 0.123 e. The predicted molar refractivity (Wildman–Crippen MR) is 80.4 cm³/mol. The van der Waals surface area contributed by atoms with Crippen molar-refractivity contribution in [2.75, 3.05) is 6.61 Å². The summed E-state index contributed by atoms with van der Waals surface area (Å²) in [6.45, 7) is 2.25. The van der Waals surface area contributed by atoms with Gasteiger partial charge in [0.2, 0.25) is 0 Å². The number of aliphatic hydroxyl groups is 1. The van der Waals surface area contributed by atoms with E-state index in [1.165, 1.54) is 6.07 Å². The van der Waals surface area contributed by atoms with E-state index in [9.17, 15) is 4.39 Å². The summed E-state index contributed by atoms with van der Waals surface area (Å²) in [5, 5.41) is 16.6. The van der Waals surface area contributed by atoms with Crippen LogP contribution in [0.1, 0.15) is 36.9 Å². The molecule has 1 aromatic heterocycles. The van der Waals surface area contributed by atoms with E-state index in [-0.39, 0.29) is 24.5 Å². The lowest BCUT2D eigenvalue weighted by Crippen LogP contribution is -2.31. The SMILES string of the molecule is CC(CCCO)NC(c1cccc(F)c1)c1cnn(C)c1. The molecule has 0 radical (unpaired) electrons. The predicted octanol–water partition coefficient (Wildman–Crippen LogP) is 2.40. The van der Waals surface area contributed by atoms with Crippen LogP contribution in [-0.4, -0.2) is 27.5 Å². The number of aromatic nitrogens is 2. The summed E-state index contributed by atoms with van der Waals surface area (Å²) in [4.78, 5) is 0. The van der Waals surface area contributed by atoms with Gasteiger partial charge in [-0.3, -0.25) is 4.68 Å². The molecular formula is C16H22FN3O. The van der Waals surface area contributed by atoms with E-state index >= 15 is 0 Å². The van der Waals surface area contributed by atoms with Crippen LogP contribution in [0.3, 0.4) is 0 Å². The number of nitrogens with one attached hydrogen (secondary N) is 1. The third-order valence-electron chi connectivity index (χ3n) is 3.49. The fraction of sp³-hybridized carbons (Fsp3) is 0.438. The number of benzene rings is 1. The molecule has 2 aromatic rings. The largest absolute Gasteiger partial charge is 0.396 e. The van der Waals surface area contributed by atoms with Crippen LogP contribution in [-0.2, 0) is 7.05 Å². The Hall–Kier alpha value is -1.72. The van der Waals surface area contributed by atoms with Crippen molar-refractivity contribution in [3.63, 3.8) is 0 Å². The van der Waals surface area contributed by atoms with Gasteiger partial charge in [-0.25, -0.2) is 4.39 Å². The summed E-state index contributed by atoms with van der Waals surface area (Å²) < 4.78 is 15.2. The number of aliphatic hydroxyl groups excluding tert-OH is 1. The summed E-state index contributed by atoms with van der Waals surface area (Å²) in [6.07, 6.45) is 5.34. The van der Waals surface area contributed by atoms with Crippen molar-refractivity contribution in [1.82, 2.24) is 15.1 Å². The number of aryl methyl sites for hydroxylation is 1. The van der Waals surface area contributed by atoms with Gasteiger partial charge in [0.1, 0.15) is 5.82 Å². The topological polar surface area (TPSA) is 50.1 Å². The molecule has 21 heavy (non-hydrogen) atoms. The Morgan fingerprint density at radius 2 is 2.19 bits per heavy atom. The molecule has 0 aliphatic heterocycles. The van der Waals surface area contributed by atoms with Gasteiger partial charge in [-0.1, -0.05) is 12.1 Å². The molecule has 2 atom stereocenters. The second-order valence-electron chi connectivity index (χ2n) is 5.37. The molecule has 2 N–H and O–H groups in total. The first kappa shape index (κ1) is 15.7. The minimum atomic E-state index is -0.244. The molecule has 2 rings (SSSR count). The van der Waals surface area contributed by atoms with Crippen LogP contribution in [0.25, 0.3) is 0 Å². The zero-order valence-corrected chi connectivity index (χ0v) is 12.5. The Morgan fingerprint density at radius 3 is 2.81 bits per heavy atom. The summed E-state index contributed by atoms with van der Waals surface area (Å²) in [6, 6.07) is 6.72. The molecule has 0 bridgehead atoms. The standard InChI is InChI=1S/C16H22FN3O/c1-12(5-4-8-21)19-16(14-10-18-20(2)11-14)13-6-3-7-15(17)9-13/h3,6-7,9-12,16,19,21H,4-5,8H2,1-2H3. The minimum Gasteiger partial charge on any atom is -0.396 e. The highest BCUT2D eigenvalue weighted by atomic mass is 19.1. The Kier molecular flexibility index (Phi) is 5.47. The van der Waals surface area contributed by atoms with E-state index in [4.69, 9.17) is 5.11 Å². The Bertz CT molecular complexity index is 570. The first-order valence-corrected chi connectivity index (χ1v) is 7.21. The zero-order valence-electron chi connectivity index (χ0n) is 12.5. The Labute approximate surface area is 124 Å². The summed E-state index contributed by atoms with van der Waals surface area (Å²) in [5.74, 6) is -0.244. The first-order valence-electron chi connectivity index (χ1n) is 7.21. The van der Waals surface area contributed by atoms with Gasteiger partial charge in [0.05, 0.1) is 12.2 Å². The molecule has 0 amide bonds. The molecule has 0 aliphatic rings. The van der Waals surface area contributed by atoms with Gasteiger partial charge in [-0.05, 0) is 37.5 Å². The second-order valence-corrected chi connectivity index (χ2v) is 5.37. The molecule has 1 aromatic carbocycles. The zero-order chi connectivity index (χ0) is 15.2. The second kappa shape index (κ2) is 7.33. The van der Waals surface area contributed by atoms with Gasteiger partial charge in [-0.15, -0.1) is 0 Å². The highest BCUT2D eigenvalue weighted by molar-refractivity contribution is 5.29. The van der Waals surface area contributed by atoms with Crippen LogP contribution in [0.4, 0.5) is 4.39 Å². The quantitative estimate of drug-likeness (QED) is 0.823. The van der Waals surface area contributed by atoms with Crippen molar-refractivity contribution in [2.24, 2.45) is 7.05 Å². The molecule has 0 saturated carbocycles. The molecule has 0 fully saturated rings. The molecule has 1 heterocycles. The summed E-state index contributed by atoms with van der Waals surface area (Å²) >= 11 is 0. The van der Waals surface area contributed by atoms with Gasteiger partial charge in [0.25, 0.3) is 0 Å². The molecule has 4 nitrogen and oxygen atoms in total. The van der Waals surface area contributed by atoms with Crippen molar-refractivity contribution in [3.05, 3.63) is 53.6 Å². The van der Waals surface area contributed by atoms with Gasteiger partial charge in [0, 0.05) is 31.5 Å². The van der Waals surface area contributed by atoms with Crippen molar-refractivity contribution in [3.8, 4) is 0 Å². The third-order valence-corrected chi connectivity index (χ3v) is 3.49. The van der Waals surface area contributed by atoms with Crippen molar-refractivity contribution < 1.29 is 9.50 Å². The summed E-state index contributed by atoms with van der Waals surface area (Å²) in [7, 11) is 1.86. The lowest BCUT2D eigenvalue weighted by molar-refractivity contribution is 0.275. The molecule has 0 spiro atoms. The van der Waals surface area contributed by atoms with Crippen molar-refractivity contribution >= 4 is 0 Å². The van der Waals surface area contributed by atoms with E-state index in [0.29, 0.717) is 0 Å². The monoisotopic (exact) mass is 291 g/mol. The van der Waals surface area contributed by atoms with Crippen LogP contribution >= 0.6 is 0 Å². The fourth-order valence-corrected chi connectivity index (χ4v) is 2.43. The maximum absolute atomic E-state index is 13.5. The van der Waals surface area contributed by atoms with Crippen molar-refractivity contribution in [2.45, 2.75) is 31.8 Å². The van der Waals surface area contributed by atoms with Crippen LogP contribution in [0.2, 0.25) is 0 Å². The normalized spacial score (nSPS) is 14.1. The summed E-state index contributed by atoms with van der Waals surface area (Å²) in [5.41, 5.74) is 1.87. The van der Waals surface area contributed by atoms with Crippen LogP contribution in [0.15, 0.2) is 36.7 Å². The molecular weight excluding hydrogens is 269 g/mol. The minimum absolute atomic E-state index is 0.108. The Morgan fingerprint density at radius 1 is 1.38 bits per heavy atom. The van der Waals surface area contributed by atoms with E-state index in [0.717, 1.165) is 24.0 Å². The number of hydrogen-bond donors (Lipinski definition) is 2. The lowest BCUT2D eigenvalue weighted by atomic mass is 9.99. The van der Waals surface area contributed by atoms with Gasteiger partial charge in [-0.2, -0.15) is 5.10 Å². The molecule has 2 unspecified atom stereocenters. The fourth-order valence-electron chi connectivity index (χ4n) is 2.43. The Balaban J connectivity index is 2.22. The van der Waals surface area contributed by atoms with Crippen LogP contribution < -0.4 is 5.32 Å². The van der Waals surface area contributed by atoms with Crippen LogP contribution in [0.5, 0.6) is 0 Å². The van der Waals surface area contributed by atoms with E-state index in [1.54, 1.807) is 23.0 Å². The van der Waals surface area contributed by atoms with E-state index < -0.39 is 0 Å². The maximum Gasteiger partial charge on any atom is 0.123 e. The highest BCUT2D eigenvalue weighted by Crippen LogP contribution is 2.23. The number of rotatable bonds is 7. The van der Waals surface area contributed by atoms with Crippen LogP contribution in [0, 0.1) is 5.82 Å². The number of halogens is 1. The highest BCUT2D eigenvalue weighted by Gasteiger charge is 2.18. The van der Waals surface area contributed by atoms with E-state index in [2.05, 4.69) is 17.3 Å². The maximum atomic E-state index is 13.5.